The quantitative estimate of drug-likeness (QED) is 0.570. The normalized spacial score (nSPS) is 21.7. The molecule has 0 spiro atoms. The molecular formula is C12H12O5. The molecule has 0 aliphatic carbocycles. The Labute approximate surface area is 98.3 Å². The second kappa shape index (κ2) is 3.76. The van der Waals surface area contributed by atoms with Crippen LogP contribution in [0.5, 0.6) is 11.5 Å². The molecule has 2 rings (SSSR count). The number of para-hydroxylation sites is 1. The van der Waals surface area contributed by atoms with Crippen LogP contribution in [0.4, 0.5) is 0 Å². The minimum atomic E-state index is -1.62. The van der Waals surface area contributed by atoms with Crippen molar-refractivity contribution in [2.75, 3.05) is 14.2 Å². The largest absolute Gasteiger partial charge is 0.493 e. The summed E-state index contributed by atoms with van der Waals surface area (Å²) < 4.78 is 15.1. The number of rotatable bonds is 2. The smallest absolute Gasteiger partial charge is 0.358 e. The Morgan fingerprint density at radius 2 is 2.06 bits per heavy atom. The Morgan fingerprint density at radius 1 is 1.35 bits per heavy atom. The standard InChI is InChI=1S/C12H12O5/c1-12(11(14)16-3)10(13)7-5-4-6-8(15-2)9(7)17-12/h4-6H,1-3H3. The number of carbonyl (C=O) groups is 2. The average Bonchev–Trinajstić information content (AvgIpc) is 2.62. The van der Waals surface area contributed by atoms with Crippen molar-refractivity contribution in [3.8, 4) is 11.5 Å². The summed E-state index contributed by atoms with van der Waals surface area (Å²) in [7, 11) is 2.68. The maximum absolute atomic E-state index is 12.1. The maximum Gasteiger partial charge on any atom is 0.358 e. The molecule has 0 amide bonds. The van der Waals surface area contributed by atoms with Gasteiger partial charge in [-0.3, -0.25) is 4.79 Å². The molecule has 1 aliphatic heterocycles. The molecule has 0 aromatic heterocycles. The fraction of sp³-hybridized carbons (Fsp3) is 0.333. The van der Waals surface area contributed by atoms with Crippen LogP contribution in [-0.2, 0) is 9.53 Å². The fourth-order valence-electron chi connectivity index (χ4n) is 1.80. The molecule has 1 heterocycles. The van der Waals surface area contributed by atoms with Crippen LogP contribution in [0.25, 0.3) is 0 Å². The first kappa shape index (κ1) is 11.4. The monoisotopic (exact) mass is 236 g/mol. The summed E-state index contributed by atoms with van der Waals surface area (Å²) in [4.78, 5) is 23.7. The van der Waals surface area contributed by atoms with Crippen molar-refractivity contribution >= 4 is 11.8 Å². The highest BCUT2D eigenvalue weighted by atomic mass is 16.6. The van der Waals surface area contributed by atoms with Gasteiger partial charge in [0.05, 0.1) is 19.8 Å². The number of hydrogen-bond acceptors (Lipinski definition) is 5. The van der Waals surface area contributed by atoms with Gasteiger partial charge in [-0.25, -0.2) is 4.79 Å². The number of fused-ring (bicyclic) bond motifs is 1. The number of esters is 1. The molecule has 0 fully saturated rings. The van der Waals surface area contributed by atoms with Crippen LogP contribution in [0.15, 0.2) is 18.2 Å². The van der Waals surface area contributed by atoms with Crippen molar-refractivity contribution in [1.82, 2.24) is 0 Å². The van der Waals surface area contributed by atoms with E-state index in [1.165, 1.54) is 21.1 Å². The lowest BCUT2D eigenvalue weighted by Gasteiger charge is -2.19. The highest BCUT2D eigenvalue weighted by molar-refractivity contribution is 6.19. The van der Waals surface area contributed by atoms with Gasteiger partial charge < -0.3 is 14.2 Å². The van der Waals surface area contributed by atoms with Gasteiger partial charge in [-0.15, -0.1) is 0 Å². The van der Waals surface area contributed by atoms with E-state index in [1.807, 2.05) is 0 Å². The summed E-state index contributed by atoms with van der Waals surface area (Å²) in [6, 6.07) is 4.92. The summed E-state index contributed by atoms with van der Waals surface area (Å²) in [6.45, 7) is 1.39. The van der Waals surface area contributed by atoms with Crippen LogP contribution in [-0.4, -0.2) is 31.6 Å². The van der Waals surface area contributed by atoms with Crippen molar-refractivity contribution in [3.63, 3.8) is 0 Å². The van der Waals surface area contributed by atoms with Crippen LogP contribution in [0, 0.1) is 0 Å². The predicted octanol–water partition coefficient (Wildman–Crippen LogP) is 1.20. The number of Topliss-reactive ketones (excluding diaryl/α,β-unsaturated/α-hetero) is 1. The number of ether oxygens (including phenoxy) is 3. The molecule has 5 heteroatoms. The van der Waals surface area contributed by atoms with Crippen LogP contribution in [0.3, 0.4) is 0 Å². The number of carbonyl (C=O) groups excluding carboxylic acids is 2. The molecule has 1 aliphatic rings. The molecule has 17 heavy (non-hydrogen) atoms. The second-order valence-electron chi connectivity index (χ2n) is 3.79. The van der Waals surface area contributed by atoms with Crippen molar-refractivity contribution in [2.24, 2.45) is 0 Å². The number of methoxy groups -OCH3 is 2. The van der Waals surface area contributed by atoms with Crippen LogP contribution in [0.1, 0.15) is 17.3 Å². The lowest BCUT2D eigenvalue weighted by Crippen LogP contribution is -2.45. The molecular weight excluding hydrogens is 224 g/mol. The van der Waals surface area contributed by atoms with E-state index in [2.05, 4.69) is 4.74 Å². The van der Waals surface area contributed by atoms with Crippen molar-refractivity contribution in [3.05, 3.63) is 23.8 Å². The lowest BCUT2D eigenvalue weighted by molar-refractivity contribution is -0.152. The maximum atomic E-state index is 12.1. The first-order valence-corrected chi connectivity index (χ1v) is 5.04. The molecule has 1 unspecified atom stereocenters. The van der Waals surface area contributed by atoms with E-state index in [0.717, 1.165) is 0 Å². The van der Waals surface area contributed by atoms with Crippen molar-refractivity contribution < 1.29 is 23.8 Å². The van der Waals surface area contributed by atoms with Gasteiger partial charge in [-0.2, -0.15) is 0 Å². The number of hydrogen-bond donors (Lipinski definition) is 0. The van der Waals surface area contributed by atoms with Gasteiger partial charge in [0.25, 0.3) is 5.60 Å². The fourth-order valence-corrected chi connectivity index (χ4v) is 1.80. The van der Waals surface area contributed by atoms with Gasteiger partial charge in [-0.1, -0.05) is 6.07 Å². The van der Waals surface area contributed by atoms with Crippen molar-refractivity contribution in [1.29, 1.82) is 0 Å². The summed E-state index contributed by atoms with van der Waals surface area (Å²) in [5.41, 5.74) is -1.29. The zero-order valence-corrected chi connectivity index (χ0v) is 9.77. The molecule has 1 aromatic carbocycles. The van der Waals surface area contributed by atoms with E-state index < -0.39 is 17.4 Å². The van der Waals surface area contributed by atoms with Gasteiger partial charge in [-0.05, 0) is 19.1 Å². The molecule has 5 nitrogen and oxygen atoms in total. The highest BCUT2D eigenvalue weighted by Gasteiger charge is 2.52. The number of benzene rings is 1. The van der Waals surface area contributed by atoms with Crippen LogP contribution >= 0.6 is 0 Å². The SMILES string of the molecule is COC(=O)C1(C)Oc2c(OC)cccc2C1=O. The first-order chi connectivity index (χ1) is 8.04. The number of ketones is 1. The summed E-state index contributed by atoms with van der Waals surface area (Å²) >= 11 is 0. The molecule has 0 saturated heterocycles. The zero-order valence-electron chi connectivity index (χ0n) is 9.77. The zero-order chi connectivity index (χ0) is 12.6. The Bertz CT molecular complexity index is 494. The highest BCUT2D eigenvalue weighted by Crippen LogP contribution is 2.42. The van der Waals surface area contributed by atoms with E-state index in [-0.39, 0.29) is 5.75 Å². The molecule has 0 bridgehead atoms. The molecule has 1 aromatic rings. The third-order valence-corrected chi connectivity index (χ3v) is 2.76. The Morgan fingerprint density at radius 3 is 2.65 bits per heavy atom. The third kappa shape index (κ3) is 1.46. The lowest BCUT2D eigenvalue weighted by atomic mass is 9.98. The Kier molecular flexibility index (Phi) is 2.53. The Hall–Kier alpha value is -2.04. The third-order valence-electron chi connectivity index (χ3n) is 2.76. The first-order valence-electron chi connectivity index (χ1n) is 5.04. The summed E-state index contributed by atoms with van der Waals surface area (Å²) in [5.74, 6) is -0.435. The van der Waals surface area contributed by atoms with Gasteiger partial charge in [0.1, 0.15) is 0 Å². The van der Waals surface area contributed by atoms with E-state index in [1.54, 1.807) is 18.2 Å². The van der Waals surface area contributed by atoms with Crippen LogP contribution < -0.4 is 9.47 Å². The molecule has 0 N–H and O–H groups in total. The molecule has 0 radical (unpaired) electrons. The summed E-state index contributed by atoms with van der Waals surface area (Å²) in [5, 5.41) is 0. The molecule has 90 valence electrons. The van der Waals surface area contributed by atoms with Crippen molar-refractivity contribution in [2.45, 2.75) is 12.5 Å². The molecule has 0 saturated carbocycles. The average molecular weight is 236 g/mol. The van der Waals surface area contributed by atoms with Gasteiger partial charge in [0, 0.05) is 0 Å². The van der Waals surface area contributed by atoms with Crippen LogP contribution in [0.2, 0.25) is 0 Å². The minimum absolute atomic E-state index is 0.285. The Balaban J connectivity index is 2.52. The van der Waals surface area contributed by atoms with E-state index in [0.29, 0.717) is 11.3 Å². The van der Waals surface area contributed by atoms with Gasteiger partial charge in [0.15, 0.2) is 11.5 Å². The molecule has 1 atom stereocenters. The predicted molar refractivity (Wildman–Crippen MR) is 58.4 cm³/mol. The minimum Gasteiger partial charge on any atom is -0.493 e. The van der Waals surface area contributed by atoms with Gasteiger partial charge >= 0.3 is 5.97 Å². The van der Waals surface area contributed by atoms with Gasteiger partial charge in [0.2, 0.25) is 5.78 Å². The second-order valence-corrected chi connectivity index (χ2v) is 3.79. The van der Waals surface area contributed by atoms with E-state index in [4.69, 9.17) is 9.47 Å². The topological polar surface area (TPSA) is 61.8 Å². The van der Waals surface area contributed by atoms with E-state index in [9.17, 15) is 9.59 Å². The summed E-state index contributed by atoms with van der Waals surface area (Å²) in [6.07, 6.45) is 0. The van der Waals surface area contributed by atoms with E-state index >= 15 is 0 Å².